The van der Waals surface area contributed by atoms with Crippen molar-refractivity contribution in [3.05, 3.63) is 12.3 Å². The SMILES string of the molecule is COc1nccc(N(C)C)c1NC(=O)CCCCN. The van der Waals surface area contributed by atoms with Crippen LogP contribution in [-0.4, -0.2) is 38.6 Å². The number of pyridine rings is 1. The van der Waals surface area contributed by atoms with Crippen molar-refractivity contribution in [2.75, 3.05) is 38.0 Å². The summed E-state index contributed by atoms with van der Waals surface area (Å²) >= 11 is 0. The second-order valence-electron chi connectivity index (χ2n) is 4.40. The van der Waals surface area contributed by atoms with Crippen LogP contribution in [0.2, 0.25) is 0 Å². The molecule has 1 rings (SSSR count). The first-order chi connectivity index (χ1) is 9.10. The van der Waals surface area contributed by atoms with Crippen LogP contribution in [0.1, 0.15) is 19.3 Å². The monoisotopic (exact) mass is 266 g/mol. The molecule has 0 aliphatic heterocycles. The molecule has 0 bridgehead atoms. The Morgan fingerprint density at radius 2 is 2.21 bits per heavy atom. The van der Waals surface area contributed by atoms with E-state index in [1.165, 1.54) is 7.11 Å². The third-order valence-electron chi connectivity index (χ3n) is 2.69. The van der Waals surface area contributed by atoms with Gasteiger partial charge in [-0.25, -0.2) is 4.98 Å². The van der Waals surface area contributed by atoms with Crippen molar-refractivity contribution in [3.8, 4) is 5.88 Å². The Hall–Kier alpha value is -1.82. The Morgan fingerprint density at radius 3 is 2.79 bits per heavy atom. The predicted molar refractivity (Wildman–Crippen MR) is 76.7 cm³/mol. The van der Waals surface area contributed by atoms with E-state index >= 15 is 0 Å². The lowest BCUT2D eigenvalue weighted by Gasteiger charge is -2.19. The highest BCUT2D eigenvalue weighted by Gasteiger charge is 2.14. The van der Waals surface area contributed by atoms with E-state index in [-0.39, 0.29) is 5.91 Å². The van der Waals surface area contributed by atoms with E-state index in [1.54, 1.807) is 6.20 Å². The summed E-state index contributed by atoms with van der Waals surface area (Å²) in [4.78, 5) is 17.9. The number of unbranched alkanes of at least 4 members (excludes halogenated alkanes) is 1. The lowest BCUT2D eigenvalue weighted by molar-refractivity contribution is -0.116. The zero-order chi connectivity index (χ0) is 14.3. The second-order valence-corrected chi connectivity index (χ2v) is 4.40. The smallest absolute Gasteiger partial charge is 0.239 e. The molecule has 0 aromatic carbocycles. The van der Waals surface area contributed by atoms with Crippen molar-refractivity contribution in [2.24, 2.45) is 5.73 Å². The number of carbonyl (C=O) groups is 1. The summed E-state index contributed by atoms with van der Waals surface area (Å²) in [5, 5.41) is 2.86. The molecule has 106 valence electrons. The lowest BCUT2D eigenvalue weighted by Crippen LogP contribution is -2.18. The van der Waals surface area contributed by atoms with Crippen molar-refractivity contribution in [1.82, 2.24) is 4.98 Å². The summed E-state index contributed by atoms with van der Waals surface area (Å²) in [6, 6.07) is 1.83. The molecule has 6 nitrogen and oxygen atoms in total. The van der Waals surface area contributed by atoms with Crippen molar-refractivity contribution >= 4 is 17.3 Å². The molecule has 3 N–H and O–H groups in total. The third kappa shape index (κ3) is 4.40. The van der Waals surface area contributed by atoms with Crippen LogP contribution < -0.4 is 20.7 Å². The standard InChI is InChI=1S/C13H22N4O2/c1-17(2)10-7-9-15-13(19-3)12(10)16-11(18)6-4-5-8-14/h7,9H,4-6,8,14H2,1-3H3,(H,16,18). The molecule has 0 aliphatic carbocycles. The van der Waals surface area contributed by atoms with Crippen LogP contribution in [0.4, 0.5) is 11.4 Å². The first-order valence-corrected chi connectivity index (χ1v) is 6.30. The molecule has 1 amide bonds. The summed E-state index contributed by atoms with van der Waals surface area (Å²) in [6.45, 7) is 0.604. The van der Waals surface area contributed by atoms with Crippen molar-refractivity contribution in [2.45, 2.75) is 19.3 Å². The zero-order valence-corrected chi connectivity index (χ0v) is 11.8. The average molecular weight is 266 g/mol. The van der Waals surface area contributed by atoms with E-state index < -0.39 is 0 Å². The van der Waals surface area contributed by atoms with Crippen molar-refractivity contribution in [3.63, 3.8) is 0 Å². The fourth-order valence-corrected chi connectivity index (χ4v) is 1.71. The number of anilines is 2. The van der Waals surface area contributed by atoms with Gasteiger partial charge in [0.2, 0.25) is 11.8 Å². The minimum atomic E-state index is -0.0529. The summed E-state index contributed by atoms with van der Waals surface area (Å²) in [6.07, 6.45) is 3.72. The number of hydrogen-bond acceptors (Lipinski definition) is 5. The van der Waals surface area contributed by atoms with Gasteiger partial charge >= 0.3 is 0 Å². The minimum absolute atomic E-state index is 0.0529. The number of rotatable bonds is 7. The third-order valence-corrected chi connectivity index (χ3v) is 2.69. The molecule has 0 atom stereocenters. The largest absolute Gasteiger partial charge is 0.479 e. The molecule has 6 heteroatoms. The molecule has 0 saturated carbocycles. The molecular formula is C13H22N4O2. The molecule has 19 heavy (non-hydrogen) atoms. The van der Waals surface area contributed by atoms with Crippen LogP contribution in [0.5, 0.6) is 5.88 Å². The van der Waals surface area contributed by atoms with E-state index in [4.69, 9.17) is 10.5 Å². The molecule has 0 fully saturated rings. The Morgan fingerprint density at radius 1 is 1.47 bits per heavy atom. The molecule has 1 aromatic heterocycles. The summed E-state index contributed by atoms with van der Waals surface area (Å²) in [5.41, 5.74) is 6.87. The van der Waals surface area contributed by atoms with E-state index in [9.17, 15) is 4.79 Å². The molecule has 0 saturated heterocycles. The molecule has 0 aliphatic rings. The lowest BCUT2D eigenvalue weighted by atomic mass is 10.2. The Balaban J connectivity index is 2.83. The highest BCUT2D eigenvalue weighted by Crippen LogP contribution is 2.32. The van der Waals surface area contributed by atoms with Crippen LogP contribution >= 0.6 is 0 Å². The molecule has 1 aromatic rings. The molecular weight excluding hydrogens is 244 g/mol. The highest BCUT2D eigenvalue weighted by molar-refractivity contribution is 5.95. The van der Waals surface area contributed by atoms with Gasteiger partial charge in [0.1, 0.15) is 5.69 Å². The summed E-state index contributed by atoms with van der Waals surface area (Å²) in [5.74, 6) is 0.362. The summed E-state index contributed by atoms with van der Waals surface area (Å²) < 4.78 is 5.19. The normalized spacial score (nSPS) is 10.1. The number of nitrogens with one attached hydrogen (secondary N) is 1. The number of aromatic nitrogens is 1. The van der Waals surface area contributed by atoms with Gasteiger partial charge in [0.15, 0.2) is 0 Å². The minimum Gasteiger partial charge on any atom is -0.479 e. The van der Waals surface area contributed by atoms with Gasteiger partial charge in [-0.3, -0.25) is 4.79 Å². The number of nitrogens with zero attached hydrogens (tertiary/aromatic N) is 2. The molecule has 0 radical (unpaired) electrons. The Kier molecular flexibility index (Phi) is 6.08. The first kappa shape index (κ1) is 15.2. The van der Waals surface area contributed by atoms with Gasteiger partial charge in [0, 0.05) is 26.7 Å². The fourth-order valence-electron chi connectivity index (χ4n) is 1.71. The van der Waals surface area contributed by atoms with Crippen LogP contribution in [0, 0.1) is 0 Å². The fraction of sp³-hybridized carbons (Fsp3) is 0.538. The number of amides is 1. The van der Waals surface area contributed by atoms with Crippen LogP contribution in [0.25, 0.3) is 0 Å². The van der Waals surface area contributed by atoms with Gasteiger partial charge in [0.05, 0.1) is 12.8 Å². The van der Waals surface area contributed by atoms with E-state index in [2.05, 4.69) is 10.3 Å². The molecule has 1 heterocycles. The van der Waals surface area contributed by atoms with Crippen molar-refractivity contribution in [1.29, 1.82) is 0 Å². The summed E-state index contributed by atoms with van der Waals surface area (Å²) in [7, 11) is 5.34. The van der Waals surface area contributed by atoms with Gasteiger partial charge in [-0.15, -0.1) is 0 Å². The maximum atomic E-state index is 11.9. The topological polar surface area (TPSA) is 80.5 Å². The van der Waals surface area contributed by atoms with E-state index in [1.807, 2.05) is 25.1 Å². The number of carbonyl (C=O) groups excluding carboxylic acids is 1. The van der Waals surface area contributed by atoms with Gasteiger partial charge in [0.25, 0.3) is 0 Å². The van der Waals surface area contributed by atoms with Crippen LogP contribution in [-0.2, 0) is 4.79 Å². The average Bonchev–Trinajstić information content (AvgIpc) is 2.39. The number of methoxy groups -OCH3 is 1. The van der Waals surface area contributed by atoms with Crippen molar-refractivity contribution < 1.29 is 9.53 Å². The van der Waals surface area contributed by atoms with Gasteiger partial charge < -0.3 is 20.7 Å². The number of nitrogens with two attached hydrogens (primary N) is 1. The second kappa shape index (κ2) is 7.58. The van der Waals surface area contributed by atoms with Gasteiger partial charge in [-0.2, -0.15) is 0 Å². The maximum Gasteiger partial charge on any atom is 0.239 e. The molecule has 0 unspecified atom stereocenters. The van der Waals surface area contributed by atoms with Gasteiger partial charge in [-0.05, 0) is 25.5 Å². The Bertz CT molecular complexity index is 421. The Labute approximate surface area is 113 Å². The van der Waals surface area contributed by atoms with Crippen LogP contribution in [0.3, 0.4) is 0 Å². The van der Waals surface area contributed by atoms with Crippen LogP contribution in [0.15, 0.2) is 12.3 Å². The predicted octanol–water partition coefficient (Wildman–Crippen LogP) is 1.22. The number of hydrogen-bond donors (Lipinski definition) is 2. The van der Waals surface area contributed by atoms with E-state index in [0.717, 1.165) is 18.5 Å². The highest BCUT2D eigenvalue weighted by atomic mass is 16.5. The number of ether oxygens (including phenoxy) is 1. The van der Waals surface area contributed by atoms with Gasteiger partial charge in [-0.1, -0.05) is 0 Å². The maximum absolute atomic E-state index is 11.9. The zero-order valence-electron chi connectivity index (χ0n) is 11.8. The molecule has 0 spiro atoms. The quantitative estimate of drug-likeness (QED) is 0.725. The van der Waals surface area contributed by atoms with E-state index in [0.29, 0.717) is 24.5 Å². The first-order valence-electron chi connectivity index (χ1n) is 6.30.